The fourth-order valence-electron chi connectivity index (χ4n) is 2.02. The zero-order valence-corrected chi connectivity index (χ0v) is 13.4. The van der Waals surface area contributed by atoms with E-state index in [9.17, 15) is 13.5 Å². The van der Waals surface area contributed by atoms with Gasteiger partial charge in [0.1, 0.15) is 0 Å². The summed E-state index contributed by atoms with van der Waals surface area (Å²) in [5.74, 6) is 0. The minimum absolute atomic E-state index is 0.0233. The van der Waals surface area contributed by atoms with E-state index in [1.165, 1.54) is 16.4 Å². The summed E-state index contributed by atoms with van der Waals surface area (Å²) in [5, 5.41) is 10.1. The molecule has 1 saturated heterocycles. The van der Waals surface area contributed by atoms with Crippen molar-refractivity contribution in [2.75, 3.05) is 18.8 Å². The Morgan fingerprint density at radius 1 is 1.53 bits per heavy atom. The number of nitrogen functional groups attached to an aromatic ring is 1. The second-order valence-electron chi connectivity index (χ2n) is 4.89. The number of halogens is 2. The summed E-state index contributed by atoms with van der Waals surface area (Å²) >= 11 is 9.03. The van der Waals surface area contributed by atoms with Crippen LogP contribution in [0.25, 0.3) is 0 Å². The molecule has 1 aliphatic heterocycles. The highest BCUT2D eigenvalue weighted by Crippen LogP contribution is 2.35. The normalized spacial score (nSPS) is 24.8. The van der Waals surface area contributed by atoms with Crippen molar-refractivity contribution in [1.29, 1.82) is 0 Å². The van der Waals surface area contributed by atoms with Crippen LogP contribution in [0.4, 0.5) is 5.69 Å². The number of anilines is 1. The molecule has 1 atom stereocenters. The molecule has 1 unspecified atom stereocenters. The van der Waals surface area contributed by atoms with Crippen molar-refractivity contribution >= 4 is 43.2 Å². The lowest BCUT2D eigenvalue weighted by atomic mass is 10.1. The highest BCUT2D eigenvalue weighted by atomic mass is 79.9. The number of nitrogens with two attached hydrogens (primary N) is 1. The first-order chi connectivity index (χ1) is 8.63. The maximum Gasteiger partial charge on any atom is 0.244 e. The molecule has 1 aromatic carbocycles. The van der Waals surface area contributed by atoms with Crippen LogP contribution in [-0.4, -0.2) is 36.5 Å². The topological polar surface area (TPSA) is 83.6 Å². The summed E-state index contributed by atoms with van der Waals surface area (Å²) in [7, 11) is -3.72. The van der Waals surface area contributed by atoms with Crippen LogP contribution in [0, 0.1) is 0 Å². The fraction of sp³-hybridized carbons (Fsp3) is 0.455. The minimum Gasteiger partial charge on any atom is -0.398 e. The molecule has 5 nitrogen and oxygen atoms in total. The van der Waals surface area contributed by atoms with Gasteiger partial charge in [-0.2, -0.15) is 4.31 Å². The summed E-state index contributed by atoms with van der Waals surface area (Å²) < 4.78 is 26.6. The average Bonchev–Trinajstić information content (AvgIpc) is 2.64. The van der Waals surface area contributed by atoms with E-state index in [0.717, 1.165) is 0 Å². The highest BCUT2D eigenvalue weighted by Gasteiger charge is 2.39. The van der Waals surface area contributed by atoms with Crippen LogP contribution in [0.5, 0.6) is 0 Å². The largest absolute Gasteiger partial charge is 0.398 e. The third-order valence-corrected chi connectivity index (χ3v) is 6.30. The van der Waals surface area contributed by atoms with E-state index in [-0.39, 0.29) is 28.7 Å². The maximum absolute atomic E-state index is 12.5. The van der Waals surface area contributed by atoms with Gasteiger partial charge in [0.25, 0.3) is 0 Å². The molecule has 0 aromatic heterocycles. The van der Waals surface area contributed by atoms with Gasteiger partial charge in [0.05, 0.1) is 15.0 Å². The number of hydrogen-bond acceptors (Lipinski definition) is 4. The molecule has 1 aromatic rings. The first kappa shape index (κ1) is 15.1. The van der Waals surface area contributed by atoms with E-state index in [1.54, 1.807) is 6.92 Å². The number of sulfonamides is 1. The number of nitrogens with zero attached hydrogens (tertiary/aromatic N) is 1. The predicted octanol–water partition coefficient (Wildman–Crippen LogP) is 1.83. The molecule has 3 N–H and O–H groups in total. The van der Waals surface area contributed by atoms with Crippen LogP contribution in [0.3, 0.4) is 0 Å². The van der Waals surface area contributed by atoms with Crippen molar-refractivity contribution in [2.24, 2.45) is 0 Å². The number of benzene rings is 1. The van der Waals surface area contributed by atoms with E-state index in [2.05, 4.69) is 15.9 Å². The van der Waals surface area contributed by atoms with Gasteiger partial charge in [0.15, 0.2) is 0 Å². The van der Waals surface area contributed by atoms with Crippen LogP contribution in [-0.2, 0) is 10.0 Å². The van der Waals surface area contributed by atoms with Gasteiger partial charge in [-0.3, -0.25) is 0 Å². The Morgan fingerprint density at radius 3 is 2.68 bits per heavy atom. The maximum atomic E-state index is 12.5. The Bertz CT molecular complexity index is 619. The van der Waals surface area contributed by atoms with E-state index in [1.807, 2.05) is 0 Å². The Labute approximate surface area is 125 Å². The van der Waals surface area contributed by atoms with Crippen LogP contribution in [0.15, 0.2) is 21.5 Å². The van der Waals surface area contributed by atoms with Gasteiger partial charge in [-0.15, -0.1) is 0 Å². The average molecular weight is 370 g/mol. The minimum atomic E-state index is -3.72. The molecule has 0 bridgehead atoms. The van der Waals surface area contributed by atoms with Crippen LogP contribution in [0.2, 0.25) is 5.02 Å². The smallest absolute Gasteiger partial charge is 0.244 e. The van der Waals surface area contributed by atoms with E-state index in [4.69, 9.17) is 17.3 Å². The summed E-state index contributed by atoms with van der Waals surface area (Å²) in [6, 6.07) is 2.83. The molecule has 106 valence electrons. The molecular weight excluding hydrogens is 356 g/mol. The molecule has 1 aliphatic rings. The zero-order valence-electron chi connectivity index (χ0n) is 10.2. The van der Waals surface area contributed by atoms with Gasteiger partial charge in [-0.05, 0) is 41.4 Å². The summed E-state index contributed by atoms with van der Waals surface area (Å²) in [6.45, 7) is 1.95. The summed E-state index contributed by atoms with van der Waals surface area (Å²) in [6.07, 6.45) is 0.403. The van der Waals surface area contributed by atoms with Gasteiger partial charge in [-0.25, -0.2) is 8.42 Å². The third kappa shape index (κ3) is 2.90. The number of hydrogen-bond donors (Lipinski definition) is 2. The van der Waals surface area contributed by atoms with Gasteiger partial charge >= 0.3 is 0 Å². The molecule has 0 saturated carbocycles. The molecule has 0 aliphatic carbocycles. The molecular formula is C11H14BrClN2O3S. The molecule has 0 spiro atoms. The summed E-state index contributed by atoms with van der Waals surface area (Å²) in [4.78, 5) is 0.0233. The second kappa shape index (κ2) is 4.89. The molecule has 1 heterocycles. The van der Waals surface area contributed by atoms with Gasteiger partial charge < -0.3 is 10.8 Å². The molecule has 19 heavy (non-hydrogen) atoms. The highest BCUT2D eigenvalue weighted by molar-refractivity contribution is 9.10. The van der Waals surface area contributed by atoms with Crippen molar-refractivity contribution < 1.29 is 13.5 Å². The first-order valence-corrected chi connectivity index (χ1v) is 8.22. The summed E-state index contributed by atoms with van der Waals surface area (Å²) in [5.41, 5.74) is 4.97. The van der Waals surface area contributed by atoms with Gasteiger partial charge in [0, 0.05) is 23.8 Å². The van der Waals surface area contributed by atoms with Crippen molar-refractivity contribution in [3.8, 4) is 0 Å². The Balaban J connectivity index is 2.47. The van der Waals surface area contributed by atoms with Crippen molar-refractivity contribution in [2.45, 2.75) is 23.8 Å². The van der Waals surface area contributed by atoms with Gasteiger partial charge in [0.2, 0.25) is 10.0 Å². The Morgan fingerprint density at radius 2 is 2.16 bits per heavy atom. The Kier molecular flexibility index (Phi) is 3.88. The van der Waals surface area contributed by atoms with Crippen molar-refractivity contribution in [3.05, 3.63) is 21.6 Å². The monoisotopic (exact) mass is 368 g/mol. The number of β-amino-alcohol motifs (C(OH)–C–C–N with tert-alkyl or cyclic N) is 1. The molecule has 1 fully saturated rings. The van der Waals surface area contributed by atoms with Crippen molar-refractivity contribution in [1.82, 2.24) is 4.31 Å². The predicted molar refractivity (Wildman–Crippen MR) is 77.6 cm³/mol. The van der Waals surface area contributed by atoms with E-state index >= 15 is 0 Å². The lowest BCUT2D eigenvalue weighted by molar-refractivity contribution is 0.0762. The zero-order chi connectivity index (χ0) is 14.4. The molecule has 0 radical (unpaired) electrons. The molecule has 2 rings (SSSR count). The van der Waals surface area contributed by atoms with Crippen LogP contribution < -0.4 is 5.73 Å². The lowest BCUT2D eigenvalue weighted by Crippen LogP contribution is -2.34. The number of aliphatic hydroxyl groups is 1. The van der Waals surface area contributed by atoms with E-state index < -0.39 is 15.6 Å². The van der Waals surface area contributed by atoms with Gasteiger partial charge in [-0.1, -0.05) is 11.6 Å². The number of rotatable bonds is 2. The SMILES string of the molecule is CC1(O)CCN(S(=O)(=O)c2cc(Cl)cc(N)c2Br)C1. The first-order valence-electron chi connectivity index (χ1n) is 5.60. The standard InChI is InChI=1S/C11H14BrClN2O3S/c1-11(16)2-3-15(6-11)19(17,18)9-5-7(13)4-8(14)10(9)12/h4-5,16H,2-3,6,14H2,1H3. The second-order valence-corrected chi connectivity index (χ2v) is 8.03. The third-order valence-electron chi connectivity index (χ3n) is 3.07. The molecule has 0 amide bonds. The Hall–Kier alpha value is -0.340. The van der Waals surface area contributed by atoms with Crippen LogP contribution >= 0.6 is 27.5 Å². The van der Waals surface area contributed by atoms with E-state index in [0.29, 0.717) is 10.9 Å². The molecule has 8 heteroatoms. The van der Waals surface area contributed by atoms with Crippen LogP contribution in [0.1, 0.15) is 13.3 Å². The quantitative estimate of drug-likeness (QED) is 0.779. The van der Waals surface area contributed by atoms with Crippen molar-refractivity contribution in [3.63, 3.8) is 0 Å². The lowest BCUT2D eigenvalue weighted by Gasteiger charge is -2.20. The fourth-order valence-corrected chi connectivity index (χ4v) is 4.83.